The second-order valence-electron chi connectivity index (χ2n) is 4.20. The molecule has 2 atom stereocenters. The van der Waals surface area contributed by atoms with Crippen molar-refractivity contribution in [2.24, 2.45) is 0 Å². The molecule has 11 heavy (non-hydrogen) atoms. The molecule has 3 rings (SSSR count). The third-order valence-corrected chi connectivity index (χ3v) is 3.44. The molecule has 1 heteroatoms. The van der Waals surface area contributed by atoms with Gasteiger partial charge in [-0.15, -0.1) is 0 Å². The van der Waals surface area contributed by atoms with Gasteiger partial charge in [0.1, 0.15) is 0 Å². The third kappa shape index (κ3) is 0.943. The summed E-state index contributed by atoms with van der Waals surface area (Å²) in [5, 5.41) is 3.55. The van der Waals surface area contributed by atoms with E-state index in [4.69, 9.17) is 0 Å². The molecule has 1 saturated heterocycles. The Morgan fingerprint density at radius 3 is 2.00 bits per heavy atom. The van der Waals surface area contributed by atoms with E-state index in [9.17, 15) is 0 Å². The van der Waals surface area contributed by atoms with Crippen molar-refractivity contribution in [1.29, 1.82) is 0 Å². The van der Waals surface area contributed by atoms with Crippen molar-refractivity contribution >= 4 is 0 Å². The van der Waals surface area contributed by atoms with Crippen LogP contribution in [0.1, 0.15) is 38.5 Å². The maximum absolute atomic E-state index is 3.55. The van der Waals surface area contributed by atoms with E-state index < -0.39 is 0 Å². The van der Waals surface area contributed by atoms with Gasteiger partial charge in [-0.05, 0) is 38.5 Å². The number of nitrogens with one attached hydrogen (secondary N) is 1. The molecule has 0 aromatic heterocycles. The minimum Gasteiger partial charge on any atom is -0.307 e. The molecule has 0 spiro atoms. The van der Waals surface area contributed by atoms with Gasteiger partial charge in [-0.1, -0.05) is 11.1 Å². The maximum atomic E-state index is 3.55. The molecule has 1 nitrogen and oxygen atoms in total. The van der Waals surface area contributed by atoms with Crippen LogP contribution in [-0.2, 0) is 0 Å². The zero-order chi connectivity index (χ0) is 7.26. The van der Waals surface area contributed by atoms with Crippen molar-refractivity contribution in [2.45, 2.75) is 50.6 Å². The minimum atomic E-state index is 0.895. The molecular formula is C10H15N. The summed E-state index contributed by atoms with van der Waals surface area (Å²) in [6, 6.07) is 1.79. The molecule has 1 aliphatic heterocycles. The molecule has 0 amide bonds. The van der Waals surface area contributed by atoms with Gasteiger partial charge in [-0.25, -0.2) is 0 Å². The van der Waals surface area contributed by atoms with Gasteiger partial charge in [-0.3, -0.25) is 0 Å². The number of hydrogen-bond donors (Lipinski definition) is 1. The van der Waals surface area contributed by atoms with Crippen LogP contribution >= 0.6 is 0 Å². The van der Waals surface area contributed by atoms with Gasteiger partial charge in [0, 0.05) is 12.1 Å². The molecule has 0 radical (unpaired) electrons. The lowest BCUT2D eigenvalue weighted by Crippen LogP contribution is -2.11. The Kier molecular flexibility index (Phi) is 1.19. The van der Waals surface area contributed by atoms with E-state index in [1.807, 2.05) is 11.1 Å². The maximum Gasteiger partial charge on any atom is 0.0265 e. The quantitative estimate of drug-likeness (QED) is 0.413. The molecule has 2 aliphatic carbocycles. The second kappa shape index (κ2) is 2.10. The van der Waals surface area contributed by atoms with Gasteiger partial charge in [0.2, 0.25) is 0 Å². The summed E-state index contributed by atoms with van der Waals surface area (Å²) in [7, 11) is 0. The van der Waals surface area contributed by atoms with E-state index >= 15 is 0 Å². The Morgan fingerprint density at radius 2 is 1.45 bits per heavy atom. The van der Waals surface area contributed by atoms with Gasteiger partial charge in [0.25, 0.3) is 0 Å². The Hall–Kier alpha value is -0.300. The van der Waals surface area contributed by atoms with Crippen LogP contribution in [-0.4, -0.2) is 12.1 Å². The third-order valence-electron chi connectivity index (χ3n) is 3.44. The van der Waals surface area contributed by atoms with Gasteiger partial charge in [0.05, 0.1) is 0 Å². The average Bonchev–Trinajstić information content (AvgIpc) is 2.77. The van der Waals surface area contributed by atoms with E-state index in [2.05, 4.69) is 5.32 Å². The van der Waals surface area contributed by atoms with Crippen molar-refractivity contribution in [3.05, 3.63) is 11.1 Å². The Balaban J connectivity index is 1.88. The normalized spacial score (nSPS) is 41.5. The zero-order valence-corrected chi connectivity index (χ0v) is 6.90. The van der Waals surface area contributed by atoms with E-state index in [1.165, 1.54) is 38.5 Å². The van der Waals surface area contributed by atoms with Crippen molar-refractivity contribution in [3.8, 4) is 0 Å². The van der Waals surface area contributed by atoms with Crippen LogP contribution < -0.4 is 5.32 Å². The van der Waals surface area contributed by atoms with Gasteiger partial charge < -0.3 is 5.32 Å². The standard InChI is InChI=1S/C10H15N/c1-2-4-8-6-10-9(11-10)5-7(8)3-1/h9-11H,1-6H2/t9-,10-/m0/s1. The summed E-state index contributed by atoms with van der Waals surface area (Å²) in [5.74, 6) is 0. The SMILES string of the molecule is C1CCC2=C(C1)C[C@@H]1N[C@H]1C2. The topological polar surface area (TPSA) is 21.9 Å². The summed E-state index contributed by atoms with van der Waals surface area (Å²) in [6.45, 7) is 0. The average molecular weight is 149 g/mol. The number of fused-ring (bicyclic) bond motifs is 1. The Labute approximate surface area is 67.9 Å². The lowest BCUT2D eigenvalue weighted by molar-refractivity contribution is 0.596. The van der Waals surface area contributed by atoms with Crippen LogP contribution in [0.4, 0.5) is 0 Å². The fourth-order valence-electron chi connectivity index (χ4n) is 2.68. The summed E-state index contributed by atoms with van der Waals surface area (Å²) >= 11 is 0. The fraction of sp³-hybridized carbons (Fsp3) is 0.800. The monoisotopic (exact) mass is 149 g/mol. The second-order valence-corrected chi connectivity index (χ2v) is 4.20. The molecule has 0 saturated carbocycles. The van der Waals surface area contributed by atoms with Crippen LogP contribution in [0.3, 0.4) is 0 Å². The van der Waals surface area contributed by atoms with Crippen molar-refractivity contribution in [3.63, 3.8) is 0 Å². The van der Waals surface area contributed by atoms with E-state index in [0.717, 1.165) is 12.1 Å². The molecule has 3 aliphatic rings. The molecule has 0 aromatic carbocycles. The first-order valence-corrected chi connectivity index (χ1v) is 4.89. The number of hydrogen-bond acceptors (Lipinski definition) is 1. The predicted octanol–water partition coefficient (Wildman–Crippen LogP) is 1.99. The molecule has 0 bridgehead atoms. The zero-order valence-electron chi connectivity index (χ0n) is 6.90. The molecule has 0 aromatic rings. The molecule has 1 heterocycles. The summed E-state index contributed by atoms with van der Waals surface area (Å²) in [6.07, 6.45) is 8.52. The van der Waals surface area contributed by atoms with Gasteiger partial charge in [0.15, 0.2) is 0 Å². The van der Waals surface area contributed by atoms with Crippen molar-refractivity contribution in [2.75, 3.05) is 0 Å². The first kappa shape index (κ1) is 6.24. The fourth-order valence-corrected chi connectivity index (χ4v) is 2.68. The lowest BCUT2D eigenvalue weighted by atomic mass is 9.82. The Morgan fingerprint density at radius 1 is 0.909 bits per heavy atom. The van der Waals surface area contributed by atoms with Gasteiger partial charge >= 0.3 is 0 Å². The molecule has 60 valence electrons. The lowest BCUT2D eigenvalue weighted by Gasteiger charge is -2.23. The van der Waals surface area contributed by atoms with Crippen LogP contribution in [0.2, 0.25) is 0 Å². The highest BCUT2D eigenvalue weighted by Gasteiger charge is 2.41. The first-order valence-electron chi connectivity index (χ1n) is 4.89. The van der Waals surface area contributed by atoms with Crippen molar-refractivity contribution < 1.29 is 0 Å². The number of rotatable bonds is 0. The molecule has 1 fully saturated rings. The van der Waals surface area contributed by atoms with E-state index in [0.29, 0.717) is 0 Å². The van der Waals surface area contributed by atoms with Crippen LogP contribution in [0, 0.1) is 0 Å². The van der Waals surface area contributed by atoms with E-state index in [-0.39, 0.29) is 0 Å². The summed E-state index contributed by atoms with van der Waals surface area (Å²) in [4.78, 5) is 0. The Bertz CT molecular complexity index is 195. The minimum absolute atomic E-state index is 0.895. The largest absolute Gasteiger partial charge is 0.307 e. The molecule has 1 N–H and O–H groups in total. The summed E-state index contributed by atoms with van der Waals surface area (Å²) < 4.78 is 0. The van der Waals surface area contributed by atoms with Crippen molar-refractivity contribution in [1.82, 2.24) is 5.32 Å². The van der Waals surface area contributed by atoms with Crippen LogP contribution in [0.25, 0.3) is 0 Å². The first-order chi connectivity index (χ1) is 5.43. The van der Waals surface area contributed by atoms with Crippen LogP contribution in [0.5, 0.6) is 0 Å². The van der Waals surface area contributed by atoms with Crippen LogP contribution in [0.15, 0.2) is 11.1 Å². The highest BCUT2D eigenvalue weighted by Crippen LogP contribution is 2.40. The van der Waals surface area contributed by atoms with Gasteiger partial charge in [-0.2, -0.15) is 0 Å². The summed E-state index contributed by atoms with van der Waals surface area (Å²) in [5.41, 5.74) is 3.64. The smallest absolute Gasteiger partial charge is 0.0265 e. The highest BCUT2D eigenvalue weighted by atomic mass is 15.1. The molecular weight excluding hydrogens is 134 g/mol. The van der Waals surface area contributed by atoms with E-state index in [1.54, 1.807) is 0 Å². The highest BCUT2D eigenvalue weighted by molar-refractivity contribution is 5.28. The molecule has 0 unspecified atom stereocenters. The predicted molar refractivity (Wildman–Crippen MR) is 45.4 cm³/mol.